The Kier molecular flexibility index (Phi) is 5.83. The van der Waals surface area contributed by atoms with E-state index >= 15 is 0 Å². The van der Waals surface area contributed by atoms with Crippen LogP contribution in [0, 0.1) is 5.95 Å². The number of piperidine rings is 1. The fourth-order valence-corrected chi connectivity index (χ4v) is 4.33. The Morgan fingerprint density at radius 2 is 1.88 bits per heavy atom. The molecule has 0 aliphatic carbocycles. The Morgan fingerprint density at radius 3 is 2.70 bits per heavy atom. The maximum Gasteiger partial charge on any atom is 0.257 e. The van der Waals surface area contributed by atoms with Crippen molar-refractivity contribution in [3.05, 3.63) is 72.2 Å². The number of rotatable bonds is 5. The number of benzene rings is 1. The molecule has 1 N–H and O–H groups in total. The summed E-state index contributed by atoms with van der Waals surface area (Å²) >= 11 is 0. The number of hydrogen-bond donors (Lipinski definition) is 1. The van der Waals surface area contributed by atoms with Crippen molar-refractivity contribution in [1.29, 1.82) is 0 Å². The standard InChI is InChI=1S/C25H25FN6O/c1-31-22(16-32-9-3-2-4-10-32)21(15-29-31)17-5-6-19-14-28-24(13-20(19)11-17)30-25(33)18-7-8-27-23(26)12-18/h5-8,11-15H,2-4,9-10,16H2,1H3,(H,28,30,33). The van der Waals surface area contributed by atoms with Crippen LogP contribution in [0.4, 0.5) is 10.2 Å². The first-order chi connectivity index (χ1) is 16.1. The maximum atomic E-state index is 13.3. The highest BCUT2D eigenvalue weighted by Crippen LogP contribution is 2.29. The van der Waals surface area contributed by atoms with E-state index in [4.69, 9.17) is 0 Å². The van der Waals surface area contributed by atoms with E-state index in [0.29, 0.717) is 5.82 Å². The van der Waals surface area contributed by atoms with Gasteiger partial charge < -0.3 is 5.32 Å². The molecule has 1 fully saturated rings. The number of pyridine rings is 2. The smallest absolute Gasteiger partial charge is 0.257 e. The fraction of sp³-hybridized carbons (Fsp3) is 0.280. The largest absolute Gasteiger partial charge is 0.307 e. The van der Waals surface area contributed by atoms with Gasteiger partial charge in [0.25, 0.3) is 5.91 Å². The van der Waals surface area contributed by atoms with E-state index in [-0.39, 0.29) is 5.56 Å². The van der Waals surface area contributed by atoms with Crippen LogP contribution < -0.4 is 5.32 Å². The van der Waals surface area contributed by atoms with Gasteiger partial charge in [-0.25, -0.2) is 9.97 Å². The zero-order valence-electron chi connectivity index (χ0n) is 18.5. The van der Waals surface area contributed by atoms with Gasteiger partial charge in [-0.15, -0.1) is 0 Å². The fourth-order valence-electron chi connectivity index (χ4n) is 4.33. The number of nitrogens with zero attached hydrogens (tertiary/aromatic N) is 5. The molecule has 4 heterocycles. The summed E-state index contributed by atoms with van der Waals surface area (Å²) in [7, 11) is 1.99. The lowest BCUT2D eigenvalue weighted by atomic mass is 10.0. The van der Waals surface area contributed by atoms with Crippen molar-refractivity contribution < 1.29 is 9.18 Å². The van der Waals surface area contributed by atoms with Crippen LogP contribution in [-0.4, -0.2) is 43.6 Å². The van der Waals surface area contributed by atoms with Gasteiger partial charge >= 0.3 is 0 Å². The lowest BCUT2D eigenvalue weighted by Gasteiger charge is -2.26. The van der Waals surface area contributed by atoms with Crippen LogP contribution in [0.15, 0.2) is 55.0 Å². The normalized spacial score (nSPS) is 14.5. The lowest BCUT2D eigenvalue weighted by Crippen LogP contribution is -2.30. The van der Waals surface area contributed by atoms with E-state index in [9.17, 15) is 9.18 Å². The number of aromatic nitrogens is 4. The molecular formula is C25H25FN6O. The molecule has 33 heavy (non-hydrogen) atoms. The summed E-state index contributed by atoms with van der Waals surface area (Å²) in [5.74, 6) is -0.729. The van der Waals surface area contributed by atoms with Gasteiger partial charge in [0.05, 0.1) is 11.9 Å². The predicted octanol–water partition coefficient (Wildman–Crippen LogP) is 4.41. The highest BCUT2D eigenvalue weighted by atomic mass is 19.1. The van der Waals surface area contributed by atoms with Crippen LogP contribution in [0.2, 0.25) is 0 Å². The summed E-state index contributed by atoms with van der Waals surface area (Å²) in [5, 5.41) is 9.18. The van der Waals surface area contributed by atoms with E-state index in [1.54, 1.807) is 6.20 Å². The van der Waals surface area contributed by atoms with Gasteiger partial charge in [-0.3, -0.25) is 14.4 Å². The van der Waals surface area contributed by atoms with Gasteiger partial charge in [-0.2, -0.15) is 9.49 Å². The SMILES string of the molecule is Cn1ncc(-c2ccc3cnc(NC(=O)c4ccnc(F)c4)cc3c2)c1CN1CCCCC1. The number of carbonyl (C=O) groups excluding carboxylic acids is 1. The summed E-state index contributed by atoms with van der Waals surface area (Å²) in [4.78, 5) is 22.8. The van der Waals surface area contributed by atoms with Crippen molar-refractivity contribution in [3.63, 3.8) is 0 Å². The first-order valence-corrected chi connectivity index (χ1v) is 11.1. The number of likely N-dealkylation sites (tertiary alicyclic amines) is 1. The first-order valence-electron chi connectivity index (χ1n) is 11.1. The molecule has 1 amide bonds. The third kappa shape index (κ3) is 4.61. The van der Waals surface area contributed by atoms with E-state index in [1.807, 2.05) is 30.1 Å². The van der Waals surface area contributed by atoms with Crippen molar-refractivity contribution in [2.45, 2.75) is 25.8 Å². The molecule has 1 aromatic carbocycles. The van der Waals surface area contributed by atoms with Crippen molar-refractivity contribution in [1.82, 2.24) is 24.6 Å². The van der Waals surface area contributed by atoms with E-state index in [1.165, 1.54) is 37.2 Å². The van der Waals surface area contributed by atoms with E-state index < -0.39 is 11.9 Å². The molecule has 168 valence electrons. The minimum atomic E-state index is -0.699. The summed E-state index contributed by atoms with van der Waals surface area (Å²) in [6, 6.07) is 10.6. The maximum absolute atomic E-state index is 13.3. The molecule has 0 radical (unpaired) electrons. The molecule has 1 aliphatic heterocycles. The monoisotopic (exact) mass is 444 g/mol. The van der Waals surface area contributed by atoms with Gasteiger partial charge in [0, 0.05) is 48.6 Å². The highest BCUT2D eigenvalue weighted by Gasteiger charge is 2.17. The Morgan fingerprint density at radius 1 is 1.03 bits per heavy atom. The van der Waals surface area contributed by atoms with Gasteiger partial charge in [0.2, 0.25) is 5.95 Å². The Labute approximate surface area is 191 Å². The molecule has 3 aromatic heterocycles. The van der Waals surface area contributed by atoms with Gasteiger partial charge in [-0.1, -0.05) is 18.6 Å². The molecule has 0 atom stereocenters. The molecule has 1 saturated heterocycles. The zero-order chi connectivity index (χ0) is 22.8. The zero-order valence-corrected chi connectivity index (χ0v) is 18.5. The topological polar surface area (TPSA) is 75.9 Å². The third-order valence-corrected chi connectivity index (χ3v) is 6.15. The van der Waals surface area contributed by atoms with Crippen molar-refractivity contribution >= 4 is 22.5 Å². The van der Waals surface area contributed by atoms with Crippen molar-refractivity contribution in [2.24, 2.45) is 7.05 Å². The quantitative estimate of drug-likeness (QED) is 0.462. The summed E-state index contributed by atoms with van der Waals surface area (Å²) in [6.45, 7) is 3.13. The number of nitrogens with one attached hydrogen (secondary N) is 1. The van der Waals surface area contributed by atoms with E-state index in [0.717, 1.165) is 47.6 Å². The average molecular weight is 445 g/mol. The van der Waals surface area contributed by atoms with Crippen LogP contribution >= 0.6 is 0 Å². The van der Waals surface area contributed by atoms with Crippen LogP contribution in [0.1, 0.15) is 35.3 Å². The second-order valence-electron chi connectivity index (χ2n) is 8.42. The third-order valence-electron chi connectivity index (χ3n) is 6.15. The van der Waals surface area contributed by atoms with Crippen molar-refractivity contribution in [3.8, 4) is 11.1 Å². The number of fused-ring (bicyclic) bond motifs is 1. The molecular weight excluding hydrogens is 419 g/mol. The molecule has 0 unspecified atom stereocenters. The number of anilines is 1. The summed E-state index contributed by atoms with van der Waals surface area (Å²) in [5.41, 5.74) is 3.57. The van der Waals surface area contributed by atoms with Crippen LogP contribution in [0.25, 0.3) is 21.9 Å². The second kappa shape index (κ2) is 9.07. The van der Waals surface area contributed by atoms with Gasteiger partial charge in [-0.05, 0) is 55.1 Å². The molecule has 5 rings (SSSR count). The molecule has 4 aromatic rings. The number of aryl methyl sites for hydroxylation is 1. The van der Waals surface area contributed by atoms with E-state index in [2.05, 4.69) is 37.4 Å². The average Bonchev–Trinajstić information content (AvgIpc) is 3.19. The molecule has 0 saturated carbocycles. The van der Waals surface area contributed by atoms with Gasteiger partial charge in [0.1, 0.15) is 5.82 Å². The lowest BCUT2D eigenvalue weighted by molar-refractivity contribution is 0.102. The Hall–Kier alpha value is -3.65. The van der Waals surface area contributed by atoms with Crippen LogP contribution in [0.3, 0.4) is 0 Å². The summed E-state index contributed by atoms with van der Waals surface area (Å²) in [6.07, 6.45) is 8.71. The molecule has 0 spiro atoms. The molecule has 1 aliphatic rings. The van der Waals surface area contributed by atoms with Crippen LogP contribution in [-0.2, 0) is 13.6 Å². The second-order valence-corrected chi connectivity index (χ2v) is 8.42. The highest BCUT2D eigenvalue weighted by molar-refractivity contribution is 6.04. The number of hydrogen-bond acceptors (Lipinski definition) is 5. The number of carbonyl (C=O) groups is 1. The molecule has 8 heteroatoms. The van der Waals surface area contributed by atoms with Gasteiger partial charge in [0.15, 0.2) is 0 Å². The minimum absolute atomic E-state index is 0.191. The minimum Gasteiger partial charge on any atom is -0.307 e. The Balaban J connectivity index is 1.42. The van der Waals surface area contributed by atoms with Crippen molar-refractivity contribution in [2.75, 3.05) is 18.4 Å². The van der Waals surface area contributed by atoms with Crippen LogP contribution in [0.5, 0.6) is 0 Å². The molecule has 0 bridgehead atoms. The molecule has 7 nitrogen and oxygen atoms in total. The predicted molar refractivity (Wildman–Crippen MR) is 125 cm³/mol. The Bertz CT molecular complexity index is 1310. The number of halogens is 1. The first kappa shape index (κ1) is 21.2. The number of amides is 1. The summed E-state index contributed by atoms with van der Waals surface area (Å²) < 4.78 is 15.3.